The number of hydroxylamine groups is 1. The Kier molecular flexibility index (Phi) is 5.27. The molecule has 0 unspecified atom stereocenters. The molecule has 2 aromatic heterocycles. The van der Waals surface area contributed by atoms with Gasteiger partial charge in [-0.2, -0.15) is 13.2 Å². The first-order chi connectivity index (χ1) is 14.3. The molecule has 0 aromatic carbocycles. The third kappa shape index (κ3) is 4.19. The summed E-state index contributed by atoms with van der Waals surface area (Å²) in [6, 6.07) is 7.29. The first-order valence-electron chi connectivity index (χ1n) is 9.03. The molecule has 3 heterocycles. The number of rotatable bonds is 4. The summed E-state index contributed by atoms with van der Waals surface area (Å²) in [6.07, 6.45) is -1.35. The minimum Gasteiger partial charge on any atom is -0.443 e. The molecule has 1 saturated heterocycles. The minimum absolute atomic E-state index is 0.0794. The van der Waals surface area contributed by atoms with Gasteiger partial charge in [0.15, 0.2) is 12.2 Å². The SMILES string of the molecule is O=C1NO[C@H](c2cccc(C3=CC=C(Oc4ccc(C(F)(F)F)cn4)CC3)n2)[C@@H]1O. The number of hydrogen-bond donors (Lipinski definition) is 2. The van der Waals surface area contributed by atoms with Crippen molar-refractivity contribution in [3.05, 3.63) is 71.4 Å². The quantitative estimate of drug-likeness (QED) is 0.791. The number of ether oxygens (including phenoxy) is 1. The molecule has 0 spiro atoms. The van der Waals surface area contributed by atoms with Crippen molar-refractivity contribution in [3.63, 3.8) is 0 Å². The maximum absolute atomic E-state index is 12.6. The van der Waals surface area contributed by atoms with Crippen molar-refractivity contribution in [3.8, 4) is 5.88 Å². The molecule has 2 N–H and O–H groups in total. The number of alkyl halides is 3. The van der Waals surface area contributed by atoms with Gasteiger partial charge in [-0.1, -0.05) is 12.1 Å². The Balaban J connectivity index is 1.47. The lowest BCUT2D eigenvalue weighted by Crippen LogP contribution is -2.24. The lowest BCUT2D eigenvalue weighted by Gasteiger charge is -2.16. The molecule has 0 radical (unpaired) electrons. The van der Waals surface area contributed by atoms with Gasteiger partial charge in [-0.3, -0.25) is 14.6 Å². The molecular formula is C20H16F3N3O4. The molecule has 7 nitrogen and oxygen atoms in total. The van der Waals surface area contributed by atoms with E-state index in [2.05, 4.69) is 15.4 Å². The molecule has 2 aromatic rings. The molecule has 2 aliphatic rings. The Morgan fingerprint density at radius 1 is 1.17 bits per heavy atom. The fourth-order valence-corrected chi connectivity index (χ4v) is 3.05. The summed E-state index contributed by atoms with van der Waals surface area (Å²) in [5.41, 5.74) is 3.25. The molecule has 30 heavy (non-hydrogen) atoms. The normalized spacial score (nSPS) is 21.7. The van der Waals surface area contributed by atoms with E-state index >= 15 is 0 Å². The van der Waals surface area contributed by atoms with Crippen molar-refractivity contribution in [2.24, 2.45) is 0 Å². The fraction of sp³-hybridized carbons (Fsp3) is 0.250. The molecule has 0 bridgehead atoms. The Labute approximate surface area is 168 Å². The first-order valence-corrected chi connectivity index (χ1v) is 9.03. The molecule has 2 atom stereocenters. The number of carbonyl (C=O) groups excluding carboxylic acids is 1. The van der Waals surface area contributed by atoms with Crippen LogP contribution in [0.25, 0.3) is 5.57 Å². The number of nitrogens with one attached hydrogen (secondary N) is 1. The third-order valence-corrected chi connectivity index (χ3v) is 4.64. The highest BCUT2D eigenvalue weighted by Crippen LogP contribution is 2.31. The van der Waals surface area contributed by atoms with Crippen LogP contribution in [-0.2, 0) is 15.8 Å². The molecule has 0 saturated carbocycles. The van der Waals surface area contributed by atoms with Gasteiger partial charge < -0.3 is 9.84 Å². The van der Waals surface area contributed by atoms with E-state index in [1.165, 1.54) is 6.07 Å². The molecule has 156 valence electrons. The summed E-state index contributed by atoms with van der Waals surface area (Å²) >= 11 is 0. The highest BCUT2D eigenvalue weighted by molar-refractivity contribution is 5.81. The van der Waals surface area contributed by atoms with E-state index in [-0.39, 0.29) is 5.88 Å². The number of aliphatic hydroxyl groups excluding tert-OH is 1. The molecule has 1 amide bonds. The van der Waals surface area contributed by atoms with Gasteiger partial charge in [0, 0.05) is 18.7 Å². The first kappa shape index (κ1) is 20.0. The topological polar surface area (TPSA) is 93.6 Å². The highest BCUT2D eigenvalue weighted by atomic mass is 19.4. The van der Waals surface area contributed by atoms with Gasteiger partial charge in [-0.25, -0.2) is 10.5 Å². The van der Waals surface area contributed by atoms with E-state index in [9.17, 15) is 23.1 Å². The van der Waals surface area contributed by atoms with Gasteiger partial charge in [0.2, 0.25) is 5.88 Å². The van der Waals surface area contributed by atoms with Gasteiger partial charge >= 0.3 is 6.18 Å². The summed E-state index contributed by atoms with van der Waals surface area (Å²) in [6.45, 7) is 0. The van der Waals surface area contributed by atoms with Crippen LogP contribution >= 0.6 is 0 Å². The molecule has 1 aliphatic carbocycles. The van der Waals surface area contributed by atoms with Crippen LogP contribution in [0.1, 0.15) is 35.9 Å². The van der Waals surface area contributed by atoms with Crippen molar-refractivity contribution in [2.45, 2.75) is 31.2 Å². The summed E-state index contributed by atoms with van der Waals surface area (Å²) in [7, 11) is 0. The van der Waals surface area contributed by atoms with Crippen molar-refractivity contribution in [1.82, 2.24) is 15.4 Å². The fourth-order valence-electron chi connectivity index (χ4n) is 3.05. The zero-order valence-corrected chi connectivity index (χ0v) is 15.4. The Morgan fingerprint density at radius 3 is 2.60 bits per heavy atom. The zero-order valence-electron chi connectivity index (χ0n) is 15.4. The van der Waals surface area contributed by atoms with Crippen LogP contribution in [0.3, 0.4) is 0 Å². The predicted octanol–water partition coefficient (Wildman–Crippen LogP) is 3.10. The van der Waals surface area contributed by atoms with Crippen LogP contribution in [0.15, 0.2) is 54.4 Å². The predicted molar refractivity (Wildman–Crippen MR) is 97.4 cm³/mol. The third-order valence-electron chi connectivity index (χ3n) is 4.64. The average molecular weight is 419 g/mol. The van der Waals surface area contributed by atoms with E-state index in [0.29, 0.717) is 30.0 Å². The summed E-state index contributed by atoms with van der Waals surface area (Å²) in [5.74, 6) is 0.0213. The average Bonchev–Trinajstić information content (AvgIpc) is 3.07. The molecule has 10 heteroatoms. The van der Waals surface area contributed by atoms with Crippen LogP contribution in [0.2, 0.25) is 0 Å². The maximum atomic E-state index is 12.6. The number of allylic oxidation sites excluding steroid dienone is 4. The molecule has 1 fully saturated rings. The van der Waals surface area contributed by atoms with Crippen LogP contribution in [0, 0.1) is 0 Å². The number of carbonyl (C=O) groups is 1. The van der Waals surface area contributed by atoms with Gasteiger partial charge in [0.1, 0.15) is 5.76 Å². The number of hydrogen-bond acceptors (Lipinski definition) is 6. The van der Waals surface area contributed by atoms with Gasteiger partial charge in [0.25, 0.3) is 5.91 Å². The van der Waals surface area contributed by atoms with Crippen molar-refractivity contribution in [2.75, 3.05) is 0 Å². The number of pyridine rings is 2. The van der Waals surface area contributed by atoms with Gasteiger partial charge in [-0.15, -0.1) is 0 Å². The van der Waals surface area contributed by atoms with Crippen LogP contribution < -0.4 is 10.2 Å². The standard InChI is InChI=1S/C20H16F3N3O4/c21-20(22,23)12-6-9-16(24-10-12)29-13-7-4-11(5-8-13)14-2-1-3-15(25-14)18-17(27)19(28)26-30-18/h1-4,6-7,9-10,17-18,27H,5,8H2,(H,26,28)/t17-,18+/m0/s1. The van der Waals surface area contributed by atoms with Gasteiger partial charge in [0.05, 0.1) is 17.0 Å². The van der Waals surface area contributed by atoms with E-state index in [1.54, 1.807) is 30.4 Å². The van der Waals surface area contributed by atoms with E-state index in [4.69, 9.17) is 9.57 Å². The highest BCUT2D eigenvalue weighted by Gasteiger charge is 2.37. The Bertz CT molecular complexity index is 1020. The summed E-state index contributed by atoms with van der Waals surface area (Å²) in [5, 5.41) is 9.86. The lowest BCUT2D eigenvalue weighted by atomic mass is 9.99. The molecule has 4 rings (SSSR count). The summed E-state index contributed by atoms with van der Waals surface area (Å²) < 4.78 is 43.4. The van der Waals surface area contributed by atoms with Crippen molar-refractivity contribution in [1.29, 1.82) is 0 Å². The second-order valence-electron chi connectivity index (χ2n) is 6.71. The largest absolute Gasteiger partial charge is 0.443 e. The number of nitrogens with zero attached hydrogens (tertiary/aromatic N) is 2. The monoisotopic (exact) mass is 419 g/mol. The number of aromatic nitrogens is 2. The maximum Gasteiger partial charge on any atom is 0.417 e. The van der Waals surface area contributed by atoms with Crippen LogP contribution in [-0.4, -0.2) is 27.1 Å². The summed E-state index contributed by atoms with van der Waals surface area (Å²) in [4.78, 5) is 24.6. The molecule has 1 aliphatic heterocycles. The zero-order chi connectivity index (χ0) is 21.3. The smallest absolute Gasteiger partial charge is 0.417 e. The van der Waals surface area contributed by atoms with Crippen molar-refractivity contribution < 1.29 is 32.6 Å². The van der Waals surface area contributed by atoms with E-state index in [1.807, 2.05) is 0 Å². The Hall–Kier alpha value is -3.24. The second kappa shape index (κ2) is 7.88. The second-order valence-corrected chi connectivity index (χ2v) is 6.71. The lowest BCUT2D eigenvalue weighted by molar-refractivity contribution is -0.137. The van der Waals surface area contributed by atoms with Gasteiger partial charge in [-0.05, 0) is 36.3 Å². The van der Waals surface area contributed by atoms with Crippen LogP contribution in [0.5, 0.6) is 5.88 Å². The van der Waals surface area contributed by atoms with Crippen molar-refractivity contribution >= 4 is 11.5 Å². The number of halogens is 3. The minimum atomic E-state index is -4.45. The van der Waals surface area contributed by atoms with E-state index in [0.717, 1.165) is 17.8 Å². The molecular weight excluding hydrogens is 403 g/mol. The number of aliphatic hydroxyl groups is 1. The van der Waals surface area contributed by atoms with Crippen LogP contribution in [0.4, 0.5) is 13.2 Å². The van der Waals surface area contributed by atoms with E-state index < -0.39 is 29.9 Å². The Morgan fingerprint density at radius 2 is 2.00 bits per heavy atom. The number of amides is 1.